The molecule has 0 bridgehead atoms. The summed E-state index contributed by atoms with van der Waals surface area (Å²) in [6.45, 7) is 12.8. The van der Waals surface area contributed by atoms with Gasteiger partial charge in [-0.15, -0.1) is 0 Å². The van der Waals surface area contributed by atoms with Crippen molar-refractivity contribution in [1.82, 2.24) is 20.4 Å². The predicted molar refractivity (Wildman–Crippen MR) is 125 cm³/mol. The summed E-state index contributed by atoms with van der Waals surface area (Å²) in [7, 11) is 1.84. The van der Waals surface area contributed by atoms with Crippen molar-refractivity contribution in [2.45, 2.75) is 64.8 Å². The van der Waals surface area contributed by atoms with Crippen LogP contribution in [0.2, 0.25) is 0 Å². The molecule has 0 radical (unpaired) electrons. The Labute approximate surface area is 183 Å². The van der Waals surface area contributed by atoms with E-state index >= 15 is 0 Å². The van der Waals surface area contributed by atoms with Gasteiger partial charge in [0.25, 0.3) is 0 Å². The smallest absolute Gasteiger partial charge is 0.191 e. The van der Waals surface area contributed by atoms with Crippen LogP contribution < -0.4 is 10.6 Å². The normalized spacial score (nSPS) is 24.0. The fourth-order valence-electron chi connectivity index (χ4n) is 4.52. The van der Waals surface area contributed by atoms with Gasteiger partial charge in [-0.1, -0.05) is 30.7 Å². The summed E-state index contributed by atoms with van der Waals surface area (Å²) >= 11 is 0. The third kappa shape index (κ3) is 7.89. The number of hydrogen-bond acceptors (Lipinski definition) is 4. The summed E-state index contributed by atoms with van der Waals surface area (Å²) in [5.41, 5.74) is 2.70. The third-order valence-corrected chi connectivity index (χ3v) is 6.00. The number of rotatable bonds is 8. The van der Waals surface area contributed by atoms with E-state index in [9.17, 15) is 0 Å². The molecule has 2 fully saturated rings. The maximum absolute atomic E-state index is 5.81. The first kappa shape index (κ1) is 23.0. The molecule has 0 saturated carbocycles. The van der Waals surface area contributed by atoms with Crippen LogP contribution in [0.5, 0.6) is 0 Å². The lowest BCUT2D eigenvalue weighted by molar-refractivity contribution is -0.0679. The first-order valence-corrected chi connectivity index (χ1v) is 11.7. The van der Waals surface area contributed by atoms with E-state index in [0.29, 0.717) is 12.2 Å². The van der Waals surface area contributed by atoms with Gasteiger partial charge in [0.15, 0.2) is 5.96 Å². The van der Waals surface area contributed by atoms with E-state index in [1.165, 1.54) is 43.5 Å². The fraction of sp³-hybridized carbons (Fsp3) is 0.708. The third-order valence-electron chi connectivity index (χ3n) is 6.00. The Hall–Kier alpha value is -1.63. The van der Waals surface area contributed by atoms with Crippen molar-refractivity contribution in [3.8, 4) is 0 Å². The molecule has 168 valence electrons. The van der Waals surface area contributed by atoms with Crippen molar-refractivity contribution in [1.29, 1.82) is 0 Å². The zero-order valence-corrected chi connectivity index (χ0v) is 19.2. The molecule has 2 unspecified atom stereocenters. The number of piperidine rings is 1. The zero-order chi connectivity index (χ0) is 21.2. The highest BCUT2D eigenvalue weighted by Gasteiger charge is 2.21. The van der Waals surface area contributed by atoms with Gasteiger partial charge < -0.3 is 15.4 Å². The molecule has 0 spiro atoms. The average Bonchev–Trinajstić information content (AvgIpc) is 2.74. The van der Waals surface area contributed by atoms with E-state index in [-0.39, 0.29) is 0 Å². The van der Waals surface area contributed by atoms with Crippen molar-refractivity contribution in [3.63, 3.8) is 0 Å². The van der Waals surface area contributed by atoms with E-state index in [4.69, 9.17) is 4.74 Å². The molecule has 6 nitrogen and oxygen atoms in total. The van der Waals surface area contributed by atoms with Gasteiger partial charge in [-0.25, -0.2) is 0 Å². The minimum Gasteiger partial charge on any atom is -0.373 e. The van der Waals surface area contributed by atoms with Gasteiger partial charge in [-0.2, -0.15) is 0 Å². The lowest BCUT2D eigenvalue weighted by Gasteiger charge is -2.35. The summed E-state index contributed by atoms with van der Waals surface area (Å²) < 4.78 is 5.81. The number of guanidine groups is 1. The Morgan fingerprint density at radius 3 is 2.30 bits per heavy atom. The molecule has 30 heavy (non-hydrogen) atoms. The first-order chi connectivity index (χ1) is 14.6. The molecule has 6 heteroatoms. The summed E-state index contributed by atoms with van der Waals surface area (Å²) in [5, 5.41) is 6.88. The molecular formula is C24H41N5O. The molecule has 2 atom stereocenters. The highest BCUT2D eigenvalue weighted by Crippen LogP contribution is 2.14. The summed E-state index contributed by atoms with van der Waals surface area (Å²) in [4.78, 5) is 9.43. The van der Waals surface area contributed by atoms with Crippen LogP contribution in [0.4, 0.5) is 0 Å². The predicted octanol–water partition coefficient (Wildman–Crippen LogP) is 2.84. The second-order valence-electron chi connectivity index (χ2n) is 8.88. The van der Waals surface area contributed by atoms with Gasteiger partial charge in [0, 0.05) is 46.3 Å². The van der Waals surface area contributed by atoms with Crippen LogP contribution >= 0.6 is 0 Å². The van der Waals surface area contributed by atoms with Crippen LogP contribution in [0.1, 0.15) is 50.7 Å². The number of aliphatic imine (C=N–C) groups is 1. The molecule has 0 aliphatic carbocycles. The fourth-order valence-corrected chi connectivity index (χ4v) is 4.52. The van der Waals surface area contributed by atoms with Gasteiger partial charge in [0.1, 0.15) is 0 Å². The van der Waals surface area contributed by atoms with Crippen molar-refractivity contribution in [2.75, 3.05) is 46.3 Å². The van der Waals surface area contributed by atoms with E-state index in [2.05, 4.69) is 63.5 Å². The summed E-state index contributed by atoms with van der Waals surface area (Å²) in [5.74, 6) is 0.871. The van der Waals surface area contributed by atoms with Gasteiger partial charge in [-0.05, 0) is 57.3 Å². The molecule has 3 rings (SSSR count). The Morgan fingerprint density at radius 1 is 0.967 bits per heavy atom. The lowest BCUT2D eigenvalue weighted by atomic mass is 10.1. The molecular weight excluding hydrogens is 374 g/mol. The maximum Gasteiger partial charge on any atom is 0.191 e. The van der Waals surface area contributed by atoms with Crippen LogP contribution in [0.25, 0.3) is 0 Å². The highest BCUT2D eigenvalue weighted by molar-refractivity contribution is 5.79. The van der Waals surface area contributed by atoms with Crippen LogP contribution in [0.3, 0.4) is 0 Å². The van der Waals surface area contributed by atoms with E-state index < -0.39 is 0 Å². The Bertz CT molecular complexity index is 632. The number of nitrogens with one attached hydrogen (secondary N) is 2. The molecule has 0 aromatic heterocycles. The van der Waals surface area contributed by atoms with Crippen molar-refractivity contribution >= 4 is 5.96 Å². The topological polar surface area (TPSA) is 52.1 Å². The number of nitrogens with zero attached hydrogens (tertiary/aromatic N) is 3. The number of benzene rings is 1. The molecule has 0 amide bonds. The van der Waals surface area contributed by atoms with E-state index in [0.717, 1.165) is 51.6 Å². The van der Waals surface area contributed by atoms with Crippen molar-refractivity contribution < 1.29 is 4.74 Å². The van der Waals surface area contributed by atoms with Crippen molar-refractivity contribution in [2.24, 2.45) is 4.99 Å². The number of ether oxygens (including phenoxy) is 1. The second-order valence-corrected chi connectivity index (χ2v) is 8.88. The minimum absolute atomic E-state index is 0.336. The highest BCUT2D eigenvalue weighted by atomic mass is 16.5. The number of likely N-dealkylation sites (tertiary alicyclic amines) is 1. The van der Waals surface area contributed by atoms with E-state index in [1.54, 1.807) is 0 Å². The Morgan fingerprint density at radius 2 is 1.63 bits per heavy atom. The average molecular weight is 416 g/mol. The number of hydrogen-bond donors (Lipinski definition) is 2. The molecule has 2 aliphatic rings. The molecule has 1 aromatic carbocycles. The number of morpholine rings is 1. The molecule has 1 aromatic rings. The summed E-state index contributed by atoms with van der Waals surface area (Å²) in [6.07, 6.45) is 5.86. The van der Waals surface area contributed by atoms with Gasteiger partial charge in [0.2, 0.25) is 0 Å². The monoisotopic (exact) mass is 415 g/mol. The molecule has 2 N–H and O–H groups in total. The molecule has 2 heterocycles. The van der Waals surface area contributed by atoms with Crippen LogP contribution in [-0.4, -0.2) is 74.3 Å². The standard InChI is InChI=1S/C24H41N5O/c1-20-17-29(18-21(2)30-20)15-7-12-26-24(25-3)27-16-22-8-10-23(11-9-22)19-28-13-5-4-6-14-28/h8-11,20-21H,4-7,12-19H2,1-3H3,(H2,25,26,27). The van der Waals surface area contributed by atoms with Crippen LogP contribution in [0, 0.1) is 0 Å². The van der Waals surface area contributed by atoms with Crippen molar-refractivity contribution in [3.05, 3.63) is 35.4 Å². The second kappa shape index (κ2) is 12.3. The van der Waals surface area contributed by atoms with Gasteiger partial charge >= 0.3 is 0 Å². The first-order valence-electron chi connectivity index (χ1n) is 11.7. The lowest BCUT2D eigenvalue weighted by Crippen LogP contribution is -2.46. The Balaban J connectivity index is 1.32. The Kier molecular flexibility index (Phi) is 9.43. The SMILES string of the molecule is CN=C(NCCCN1CC(C)OC(C)C1)NCc1ccc(CN2CCCCC2)cc1. The molecule has 2 aliphatic heterocycles. The van der Waals surface area contributed by atoms with Crippen LogP contribution in [-0.2, 0) is 17.8 Å². The van der Waals surface area contributed by atoms with Gasteiger partial charge in [-0.3, -0.25) is 14.8 Å². The van der Waals surface area contributed by atoms with Gasteiger partial charge in [0.05, 0.1) is 12.2 Å². The van der Waals surface area contributed by atoms with Crippen LogP contribution in [0.15, 0.2) is 29.3 Å². The maximum atomic E-state index is 5.81. The van der Waals surface area contributed by atoms with E-state index in [1.807, 2.05) is 7.05 Å². The zero-order valence-electron chi connectivity index (χ0n) is 19.2. The summed E-state index contributed by atoms with van der Waals surface area (Å²) in [6, 6.07) is 9.01. The molecule has 2 saturated heterocycles. The largest absolute Gasteiger partial charge is 0.373 e. The quantitative estimate of drug-likeness (QED) is 0.388. The minimum atomic E-state index is 0.336.